The molecule has 0 unspecified atom stereocenters. The zero-order valence-corrected chi connectivity index (χ0v) is 10.0. The van der Waals surface area contributed by atoms with Crippen molar-refractivity contribution in [1.29, 1.82) is 0 Å². The monoisotopic (exact) mass is 263 g/mol. The smallest absolute Gasteiger partial charge is 0.288 e. The predicted molar refractivity (Wildman–Crippen MR) is 65.4 cm³/mol. The Morgan fingerprint density at radius 3 is 2.75 bits per heavy atom. The van der Waals surface area contributed by atoms with Gasteiger partial charge in [-0.1, -0.05) is 23.9 Å². The number of rotatable bonds is 5. The Labute approximate surface area is 102 Å². The molecule has 0 fully saturated rings. The highest BCUT2D eigenvalue weighted by Gasteiger charge is 2.11. The first-order valence-electron chi connectivity index (χ1n) is 4.58. The van der Waals surface area contributed by atoms with Crippen LogP contribution in [0.5, 0.6) is 0 Å². The van der Waals surface area contributed by atoms with Gasteiger partial charge in [-0.05, 0) is 17.9 Å². The number of nitrogens with one attached hydrogen (secondary N) is 1. The van der Waals surface area contributed by atoms with Crippen LogP contribution >= 0.6 is 24.4 Å². The molecular weight excluding hydrogens is 252 g/mol. The van der Waals surface area contributed by atoms with E-state index in [-0.39, 0.29) is 12.3 Å². The van der Waals surface area contributed by atoms with E-state index in [0.29, 0.717) is 28.1 Å². The second kappa shape index (κ2) is 6.75. The summed E-state index contributed by atoms with van der Waals surface area (Å²) < 4.78 is 24.4. The third-order valence-corrected chi connectivity index (χ3v) is 2.73. The molecule has 1 amide bonds. The first kappa shape index (κ1) is 13.3. The van der Waals surface area contributed by atoms with Gasteiger partial charge in [-0.3, -0.25) is 4.79 Å². The van der Waals surface area contributed by atoms with Gasteiger partial charge in [0.2, 0.25) is 5.91 Å². The highest BCUT2D eigenvalue weighted by Crippen LogP contribution is 2.31. The number of alkyl halides is 2. The molecule has 6 heteroatoms. The summed E-state index contributed by atoms with van der Waals surface area (Å²) in [6.07, 6.45) is 0.261. The van der Waals surface area contributed by atoms with Gasteiger partial charge in [-0.2, -0.15) is 21.4 Å². The van der Waals surface area contributed by atoms with Crippen molar-refractivity contribution < 1.29 is 13.6 Å². The highest BCUT2D eigenvalue weighted by atomic mass is 32.2. The number of carbonyl (C=O) groups excluding carboxylic acids is 1. The van der Waals surface area contributed by atoms with Gasteiger partial charge in [0.05, 0.1) is 5.69 Å². The van der Waals surface area contributed by atoms with Crippen molar-refractivity contribution in [3.8, 4) is 0 Å². The lowest BCUT2D eigenvalue weighted by atomic mass is 10.3. The van der Waals surface area contributed by atoms with Gasteiger partial charge < -0.3 is 5.32 Å². The molecule has 0 spiro atoms. The molecular formula is C10H11F2NOS2. The van der Waals surface area contributed by atoms with E-state index in [2.05, 4.69) is 17.9 Å². The van der Waals surface area contributed by atoms with E-state index in [1.807, 2.05) is 0 Å². The molecule has 2 nitrogen and oxygen atoms in total. The number of hydrogen-bond donors (Lipinski definition) is 2. The van der Waals surface area contributed by atoms with Crippen molar-refractivity contribution in [3.05, 3.63) is 24.3 Å². The van der Waals surface area contributed by atoms with Crippen molar-refractivity contribution in [2.24, 2.45) is 0 Å². The molecule has 0 atom stereocenters. The second-order valence-electron chi connectivity index (χ2n) is 2.90. The summed E-state index contributed by atoms with van der Waals surface area (Å²) in [6.45, 7) is 0. The first-order chi connectivity index (χ1) is 7.63. The zero-order valence-electron chi connectivity index (χ0n) is 8.32. The molecule has 0 aliphatic heterocycles. The number of thioether (sulfide) groups is 1. The molecule has 0 aliphatic rings. The van der Waals surface area contributed by atoms with Crippen LogP contribution in [0.3, 0.4) is 0 Å². The minimum atomic E-state index is -2.50. The maximum absolute atomic E-state index is 12.2. The SMILES string of the molecule is O=C(CCS)Nc1ccccc1SC(F)F. The van der Waals surface area contributed by atoms with Crippen LogP contribution in [0.1, 0.15) is 6.42 Å². The molecule has 0 aromatic heterocycles. The summed E-state index contributed by atoms with van der Waals surface area (Å²) in [5.74, 6) is -2.30. The van der Waals surface area contributed by atoms with E-state index in [0.717, 1.165) is 0 Å². The minimum Gasteiger partial charge on any atom is -0.325 e. The minimum absolute atomic E-state index is 0.225. The van der Waals surface area contributed by atoms with Crippen LogP contribution in [0.2, 0.25) is 0 Å². The third kappa shape index (κ3) is 4.40. The van der Waals surface area contributed by atoms with Crippen LogP contribution in [-0.2, 0) is 4.79 Å². The van der Waals surface area contributed by atoms with Crippen molar-refractivity contribution in [2.45, 2.75) is 17.1 Å². The normalized spacial score (nSPS) is 10.5. The summed E-state index contributed by atoms with van der Waals surface area (Å²) >= 11 is 4.34. The van der Waals surface area contributed by atoms with Gasteiger partial charge in [0.15, 0.2) is 0 Å². The third-order valence-electron chi connectivity index (χ3n) is 1.72. The molecule has 16 heavy (non-hydrogen) atoms. The molecule has 0 heterocycles. The topological polar surface area (TPSA) is 29.1 Å². The van der Waals surface area contributed by atoms with Gasteiger partial charge >= 0.3 is 0 Å². The summed E-state index contributed by atoms with van der Waals surface area (Å²) in [7, 11) is 0. The highest BCUT2D eigenvalue weighted by molar-refractivity contribution is 7.99. The van der Waals surface area contributed by atoms with E-state index >= 15 is 0 Å². The van der Waals surface area contributed by atoms with Gasteiger partial charge in [0.1, 0.15) is 0 Å². The van der Waals surface area contributed by atoms with E-state index < -0.39 is 5.76 Å². The average molecular weight is 263 g/mol. The van der Waals surface area contributed by atoms with Crippen LogP contribution in [0.15, 0.2) is 29.2 Å². The van der Waals surface area contributed by atoms with Crippen LogP contribution < -0.4 is 5.32 Å². The first-order valence-corrected chi connectivity index (χ1v) is 6.09. The number of anilines is 1. The summed E-state index contributed by atoms with van der Waals surface area (Å²) in [5.41, 5.74) is 0.416. The van der Waals surface area contributed by atoms with Crippen molar-refractivity contribution in [1.82, 2.24) is 0 Å². The number of halogens is 2. The lowest BCUT2D eigenvalue weighted by Gasteiger charge is -2.09. The zero-order chi connectivity index (χ0) is 12.0. The quantitative estimate of drug-likeness (QED) is 0.630. The lowest BCUT2D eigenvalue weighted by Crippen LogP contribution is -2.12. The Hall–Kier alpha value is -0.750. The maximum atomic E-state index is 12.2. The number of hydrogen-bond acceptors (Lipinski definition) is 3. The molecule has 0 saturated heterocycles. The van der Waals surface area contributed by atoms with Crippen LogP contribution in [0.4, 0.5) is 14.5 Å². The van der Waals surface area contributed by atoms with E-state index in [9.17, 15) is 13.6 Å². The molecule has 1 aromatic carbocycles. The Balaban J connectivity index is 2.74. The Kier molecular flexibility index (Phi) is 5.62. The average Bonchev–Trinajstić information content (AvgIpc) is 2.20. The second-order valence-corrected chi connectivity index (χ2v) is 4.38. The maximum Gasteiger partial charge on any atom is 0.288 e. The van der Waals surface area contributed by atoms with Gasteiger partial charge in [0.25, 0.3) is 5.76 Å². The fraction of sp³-hybridized carbons (Fsp3) is 0.300. The molecule has 88 valence electrons. The standard InChI is InChI=1S/C10H11F2NOS2/c11-10(12)16-8-4-2-1-3-7(8)13-9(14)5-6-15/h1-4,10,15H,5-6H2,(H,13,14). The molecule has 0 aliphatic carbocycles. The number of para-hydroxylation sites is 1. The molecule has 0 saturated carbocycles. The van der Waals surface area contributed by atoms with E-state index in [1.165, 1.54) is 0 Å². The molecule has 1 rings (SSSR count). The van der Waals surface area contributed by atoms with E-state index in [4.69, 9.17) is 0 Å². The fourth-order valence-electron chi connectivity index (χ4n) is 1.08. The Bertz CT molecular complexity index is 360. The number of carbonyl (C=O) groups is 1. The van der Waals surface area contributed by atoms with Crippen molar-refractivity contribution in [2.75, 3.05) is 11.1 Å². The Morgan fingerprint density at radius 2 is 2.12 bits per heavy atom. The number of thiol groups is 1. The van der Waals surface area contributed by atoms with Crippen LogP contribution in [0, 0.1) is 0 Å². The van der Waals surface area contributed by atoms with Crippen molar-refractivity contribution in [3.63, 3.8) is 0 Å². The van der Waals surface area contributed by atoms with E-state index in [1.54, 1.807) is 24.3 Å². The molecule has 1 N–H and O–H groups in total. The van der Waals surface area contributed by atoms with Crippen LogP contribution in [0.25, 0.3) is 0 Å². The van der Waals surface area contributed by atoms with Gasteiger partial charge in [-0.25, -0.2) is 0 Å². The Morgan fingerprint density at radius 1 is 1.44 bits per heavy atom. The molecule has 0 bridgehead atoms. The number of amides is 1. The largest absolute Gasteiger partial charge is 0.325 e. The van der Waals surface area contributed by atoms with Crippen molar-refractivity contribution >= 4 is 36.0 Å². The number of benzene rings is 1. The summed E-state index contributed by atoms with van der Waals surface area (Å²) in [6, 6.07) is 6.49. The molecule has 1 aromatic rings. The summed E-state index contributed by atoms with van der Waals surface area (Å²) in [4.78, 5) is 11.7. The van der Waals surface area contributed by atoms with Gasteiger partial charge in [0, 0.05) is 11.3 Å². The summed E-state index contributed by atoms with van der Waals surface area (Å²) in [5, 5.41) is 2.57. The van der Waals surface area contributed by atoms with Crippen LogP contribution in [-0.4, -0.2) is 17.4 Å². The van der Waals surface area contributed by atoms with Gasteiger partial charge in [-0.15, -0.1) is 0 Å². The predicted octanol–water partition coefficient (Wildman–Crippen LogP) is 3.26. The fourth-order valence-corrected chi connectivity index (χ4v) is 1.88. The lowest BCUT2D eigenvalue weighted by molar-refractivity contribution is -0.115. The molecule has 0 radical (unpaired) electrons.